The van der Waals surface area contributed by atoms with Crippen LogP contribution in [0.1, 0.15) is 58.3 Å². The van der Waals surface area contributed by atoms with Crippen LogP contribution in [0.3, 0.4) is 0 Å². The summed E-state index contributed by atoms with van der Waals surface area (Å²) in [7, 11) is 0. The van der Waals surface area contributed by atoms with Crippen LogP contribution in [0.25, 0.3) is 0 Å². The Balaban J connectivity index is 1.73. The molecule has 3 nitrogen and oxygen atoms in total. The number of hydrogen-bond donors (Lipinski definition) is 2. The average Bonchev–Trinajstić information content (AvgIpc) is 2.79. The Kier molecular flexibility index (Phi) is 3.59. The van der Waals surface area contributed by atoms with Crippen molar-refractivity contribution < 1.29 is 31.4 Å². The van der Waals surface area contributed by atoms with Gasteiger partial charge in [-0.25, -0.2) is 0 Å². The first-order valence-corrected chi connectivity index (χ1v) is 10.8. The van der Waals surface area contributed by atoms with Gasteiger partial charge in [0.05, 0.1) is 0 Å². The molecule has 0 aromatic rings. The van der Waals surface area contributed by atoms with Gasteiger partial charge in [-0.1, -0.05) is 0 Å². The van der Waals surface area contributed by atoms with Crippen molar-refractivity contribution in [1.82, 2.24) is 0 Å². The zero-order valence-corrected chi connectivity index (χ0v) is 15.4. The number of aliphatic hydroxyl groups is 1. The van der Waals surface area contributed by atoms with E-state index >= 15 is 0 Å². The maximum absolute atomic E-state index is 11.7. The summed E-state index contributed by atoms with van der Waals surface area (Å²) in [5, 5.41) is 11.1. The fourth-order valence-electron chi connectivity index (χ4n) is 5.67. The molecule has 2 saturated carbocycles. The summed E-state index contributed by atoms with van der Waals surface area (Å²) in [5.74, 6) is 1.53. The van der Waals surface area contributed by atoms with Gasteiger partial charge in [0.25, 0.3) is 0 Å². The Morgan fingerprint density at radius 1 is 1.23 bits per heavy atom. The summed E-state index contributed by atoms with van der Waals surface area (Å²) in [5.41, 5.74) is 4.49. The Hall–Kier alpha value is -0.200. The van der Waals surface area contributed by atoms with Crippen molar-refractivity contribution in [3.63, 3.8) is 0 Å². The first-order chi connectivity index (χ1) is 10.5. The molecule has 4 rings (SSSR count). The summed E-state index contributed by atoms with van der Waals surface area (Å²) < 4.78 is 5.49. The molecule has 4 aliphatic rings. The van der Waals surface area contributed by atoms with Gasteiger partial charge in [0.15, 0.2) is 0 Å². The van der Waals surface area contributed by atoms with Crippen molar-refractivity contribution in [2.45, 2.75) is 61.9 Å². The molecule has 4 heteroatoms. The van der Waals surface area contributed by atoms with Crippen molar-refractivity contribution >= 4 is 5.78 Å². The fraction of sp³-hybridized carbons (Fsp3) is 0.722. The zero-order chi connectivity index (χ0) is 15.5. The van der Waals surface area contributed by atoms with E-state index in [2.05, 4.69) is 6.92 Å². The molecule has 3 N–H and O–H groups in total. The average molecular weight is 414 g/mol. The molecule has 0 aromatic heterocycles. The van der Waals surface area contributed by atoms with Crippen molar-refractivity contribution in [3.8, 4) is 0 Å². The summed E-state index contributed by atoms with van der Waals surface area (Å²) in [6.45, 7) is 2.30. The van der Waals surface area contributed by atoms with Crippen LogP contribution < -0.4 is 25.4 Å². The molecule has 4 aliphatic carbocycles. The Bertz CT molecular complexity index is 596. The summed E-state index contributed by atoms with van der Waals surface area (Å²) in [4.78, 5) is 11.7. The number of alkyl halides is 1. The molecule has 22 heavy (non-hydrogen) atoms. The third-order valence-electron chi connectivity index (χ3n) is 6.96. The second-order valence-electron chi connectivity index (χ2n) is 7.72. The Labute approximate surface area is 143 Å². The van der Waals surface area contributed by atoms with Crippen LogP contribution in [0, 0.1) is 17.3 Å². The topological polar surface area (TPSA) is 63.3 Å². The Morgan fingerprint density at radius 2 is 2.05 bits per heavy atom. The number of hydrogen-bond acceptors (Lipinski definition) is 3. The normalized spacial score (nSPS) is 44.5. The van der Waals surface area contributed by atoms with E-state index in [4.69, 9.17) is 3.95 Å². The van der Waals surface area contributed by atoms with Gasteiger partial charge in [-0.15, -0.1) is 0 Å². The summed E-state index contributed by atoms with van der Waals surface area (Å²) in [6.07, 6.45) is 9.97. The number of rotatable bonds is 1. The predicted molar refractivity (Wildman–Crippen MR) is 81.3 cm³/mol. The van der Waals surface area contributed by atoms with Crippen molar-refractivity contribution in [2.75, 3.05) is 0 Å². The zero-order valence-electron chi connectivity index (χ0n) is 13.2. The van der Waals surface area contributed by atoms with E-state index in [0.29, 0.717) is 24.0 Å². The number of fused-ring (bicyclic) bond motifs is 4. The number of carbonyl (C=O) groups excluding carboxylic acids is 1. The van der Waals surface area contributed by atoms with Gasteiger partial charge in [-0.05, 0) is 0 Å². The number of ketones is 1. The van der Waals surface area contributed by atoms with E-state index in [1.54, 1.807) is 5.57 Å². The van der Waals surface area contributed by atoms with E-state index in [9.17, 15) is 9.90 Å². The number of nitrogens with two attached hydrogens (primary N) is 1. The molecule has 122 valence electrons. The predicted octanol–water partition coefficient (Wildman–Crippen LogP) is -0.156. The van der Waals surface area contributed by atoms with Crippen molar-refractivity contribution in [2.24, 2.45) is 21.2 Å². The third-order valence-corrected chi connectivity index (χ3v) is 9.77. The minimum atomic E-state index is -0.640. The van der Waals surface area contributed by atoms with E-state index in [1.807, 2.05) is 6.08 Å². The molecule has 4 atom stereocenters. The minimum absolute atomic E-state index is 0.0233. The van der Waals surface area contributed by atoms with Crippen LogP contribution in [0.2, 0.25) is 0 Å². The molecule has 0 heterocycles. The second kappa shape index (κ2) is 5.15. The first-order valence-electron chi connectivity index (χ1n) is 8.51. The quantitative estimate of drug-likeness (QED) is 0.356. The van der Waals surface area contributed by atoms with Gasteiger partial charge in [-0.3, -0.25) is 0 Å². The maximum atomic E-state index is 11.7. The van der Waals surface area contributed by atoms with Crippen LogP contribution in [-0.2, 0) is 4.79 Å². The molecule has 0 aromatic carbocycles. The molecular weight excluding hydrogens is 389 g/mol. The molecule has 0 saturated heterocycles. The fourth-order valence-corrected chi connectivity index (χ4v) is 7.68. The van der Waals surface area contributed by atoms with Gasteiger partial charge in [0.1, 0.15) is 0 Å². The summed E-state index contributed by atoms with van der Waals surface area (Å²) >= 11 is -0.640. The van der Waals surface area contributed by atoms with Gasteiger partial charge < -0.3 is 0 Å². The molecular formula is C18H25INO2-. The van der Waals surface area contributed by atoms with E-state index in [-0.39, 0.29) is 5.41 Å². The van der Waals surface area contributed by atoms with Gasteiger partial charge in [0, 0.05) is 0 Å². The SMILES string of the molecule is C[C@]12CCC3=C4CCC(=O)C=C4CCC3C1CC[C@@]2(O)[I-]N. The molecule has 0 bridgehead atoms. The van der Waals surface area contributed by atoms with E-state index in [0.717, 1.165) is 44.9 Å². The van der Waals surface area contributed by atoms with Crippen molar-refractivity contribution in [1.29, 1.82) is 0 Å². The van der Waals surface area contributed by atoms with Crippen molar-refractivity contribution in [3.05, 3.63) is 22.8 Å². The number of carbonyl (C=O) groups is 1. The van der Waals surface area contributed by atoms with Gasteiger partial charge in [-0.2, -0.15) is 0 Å². The first kappa shape index (κ1) is 15.3. The van der Waals surface area contributed by atoms with E-state index in [1.165, 1.54) is 11.1 Å². The second-order valence-corrected chi connectivity index (χ2v) is 10.1. The van der Waals surface area contributed by atoms with Crippen LogP contribution >= 0.6 is 0 Å². The molecule has 0 spiro atoms. The molecule has 0 radical (unpaired) electrons. The van der Waals surface area contributed by atoms with Gasteiger partial charge >= 0.3 is 143 Å². The molecule has 2 fully saturated rings. The van der Waals surface area contributed by atoms with Crippen LogP contribution in [0.4, 0.5) is 0 Å². The third kappa shape index (κ3) is 1.96. The monoisotopic (exact) mass is 414 g/mol. The Morgan fingerprint density at radius 3 is 2.82 bits per heavy atom. The number of halogens is 1. The van der Waals surface area contributed by atoms with E-state index < -0.39 is 25.1 Å². The number of allylic oxidation sites excluding steroid dienone is 4. The van der Waals surface area contributed by atoms with Crippen LogP contribution in [0.5, 0.6) is 0 Å². The molecule has 2 unspecified atom stereocenters. The molecule has 0 amide bonds. The van der Waals surface area contributed by atoms with Crippen LogP contribution in [-0.4, -0.2) is 14.5 Å². The standard InChI is InChI=1S/C18H25INO2/c1-17-8-6-14-13-5-3-12(21)10-11(13)2-4-15(14)16(17)7-9-18(17,22)19-20/h10,15-16,22H,2-9,20H2,1H3/q-1/t15?,16?,17-,18-/m0/s1. The summed E-state index contributed by atoms with van der Waals surface area (Å²) in [6, 6.07) is 0. The van der Waals surface area contributed by atoms with Crippen LogP contribution in [0.15, 0.2) is 22.8 Å². The molecule has 0 aliphatic heterocycles. The van der Waals surface area contributed by atoms with Gasteiger partial charge in [0.2, 0.25) is 0 Å².